The quantitative estimate of drug-likeness (QED) is 0.769. The van der Waals surface area contributed by atoms with Gasteiger partial charge in [-0.1, -0.05) is 31.4 Å². The third-order valence-electron chi connectivity index (χ3n) is 2.06. The second-order valence-electron chi connectivity index (χ2n) is 3.44. The first kappa shape index (κ1) is 12.9. The lowest BCUT2D eigenvalue weighted by atomic mass is 10.1. The fraction of sp³-hybridized carbons (Fsp3) is 0.500. The smallest absolute Gasteiger partial charge is 0.243 e. The van der Waals surface area contributed by atoms with Crippen LogP contribution >= 0.6 is 11.6 Å². The molecule has 5 nitrogen and oxygen atoms in total. The number of unbranched alkanes of at least 4 members (excludes halogenated alkanes) is 1. The minimum Gasteiger partial charge on any atom is -0.320 e. The van der Waals surface area contributed by atoms with E-state index in [2.05, 4.69) is 15.3 Å². The molecule has 0 spiro atoms. The van der Waals surface area contributed by atoms with Crippen molar-refractivity contribution >= 4 is 23.5 Å². The number of halogens is 1. The van der Waals surface area contributed by atoms with E-state index in [4.69, 9.17) is 17.3 Å². The summed E-state index contributed by atoms with van der Waals surface area (Å²) in [5.41, 5.74) is 5.69. The highest BCUT2D eigenvalue weighted by Crippen LogP contribution is 2.06. The van der Waals surface area contributed by atoms with Crippen LogP contribution in [0, 0.1) is 0 Å². The van der Waals surface area contributed by atoms with Crippen LogP contribution in [0.5, 0.6) is 0 Å². The van der Waals surface area contributed by atoms with Crippen LogP contribution in [0.2, 0.25) is 5.15 Å². The van der Waals surface area contributed by atoms with E-state index in [1.807, 2.05) is 6.92 Å². The Morgan fingerprint density at radius 2 is 2.44 bits per heavy atom. The standard InChI is InChI=1S/C10H15ClN4O/c1-2-3-4-7(12)9(16)15-10-13-6-5-8(11)14-10/h5-7H,2-4,12H2,1H3,(H,13,14,15,16). The molecule has 1 aromatic heterocycles. The molecule has 0 fully saturated rings. The molecule has 1 amide bonds. The van der Waals surface area contributed by atoms with Crippen molar-refractivity contribution in [2.45, 2.75) is 32.2 Å². The lowest BCUT2D eigenvalue weighted by molar-refractivity contribution is -0.117. The van der Waals surface area contributed by atoms with Crippen molar-refractivity contribution < 1.29 is 4.79 Å². The lowest BCUT2D eigenvalue weighted by Crippen LogP contribution is -2.35. The summed E-state index contributed by atoms with van der Waals surface area (Å²) in [5, 5.41) is 2.81. The molecule has 0 saturated carbocycles. The van der Waals surface area contributed by atoms with E-state index in [-0.39, 0.29) is 17.0 Å². The number of rotatable bonds is 5. The van der Waals surface area contributed by atoms with E-state index in [9.17, 15) is 4.79 Å². The van der Waals surface area contributed by atoms with Gasteiger partial charge in [0.05, 0.1) is 6.04 Å². The highest BCUT2D eigenvalue weighted by atomic mass is 35.5. The molecule has 1 atom stereocenters. The Bertz CT molecular complexity index is 358. The summed E-state index contributed by atoms with van der Waals surface area (Å²) in [5.74, 6) is -0.0971. The molecule has 88 valence electrons. The first-order valence-electron chi connectivity index (χ1n) is 5.18. The summed E-state index contributed by atoms with van der Waals surface area (Å²) >= 11 is 5.66. The Hall–Kier alpha value is -1.20. The number of carbonyl (C=O) groups is 1. The number of nitrogens with zero attached hydrogens (tertiary/aromatic N) is 2. The fourth-order valence-corrected chi connectivity index (χ4v) is 1.29. The molecule has 0 aliphatic carbocycles. The van der Waals surface area contributed by atoms with Crippen molar-refractivity contribution in [1.82, 2.24) is 9.97 Å². The van der Waals surface area contributed by atoms with E-state index in [0.717, 1.165) is 12.8 Å². The van der Waals surface area contributed by atoms with E-state index >= 15 is 0 Å². The van der Waals surface area contributed by atoms with Crippen molar-refractivity contribution in [3.63, 3.8) is 0 Å². The van der Waals surface area contributed by atoms with Gasteiger partial charge in [-0.15, -0.1) is 0 Å². The first-order chi connectivity index (χ1) is 7.63. The number of nitrogens with two attached hydrogens (primary N) is 1. The molecule has 0 aliphatic rings. The summed E-state index contributed by atoms with van der Waals surface area (Å²) in [6, 6.07) is 1.01. The summed E-state index contributed by atoms with van der Waals surface area (Å²) in [4.78, 5) is 19.3. The molecule has 0 bridgehead atoms. The largest absolute Gasteiger partial charge is 0.320 e. The molecule has 16 heavy (non-hydrogen) atoms. The predicted octanol–water partition coefficient (Wildman–Crippen LogP) is 1.59. The highest BCUT2D eigenvalue weighted by Gasteiger charge is 2.13. The number of aromatic nitrogens is 2. The second kappa shape index (κ2) is 6.40. The molecule has 1 unspecified atom stereocenters. The third kappa shape index (κ3) is 4.12. The molecule has 1 aromatic rings. The monoisotopic (exact) mass is 242 g/mol. The average molecular weight is 243 g/mol. The predicted molar refractivity (Wildman–Crippen MR) is 63.2 cm³/mol. The van der Waals surface area contributed by atoms with Gasteiger partial charge in [-0.25, -0.2) is 9.97 Å². The zero-order chi connectivity index (χ0) is 12.0. The van der Waals surface area contributed by atoms with Gasteiger partial charge in [-0.05, 0) is 12.5 Å². The Morgan fingerprint density at radius 1 is 1.69 bits per heavy atom. The molecular weight excluding hydrogens is 228 g/mol. The SMILES string of the molecule is CCCCC(N)C(=O)Nc1nccc(Cl)n1. The fourth-order valence-electron chi connectivity index (χ4n) is 1.15. The van der Waals surface area contributed by atoms with Crippen LogP contribution in [0.25, 0.3) is 0 Å². The van der Waals surface area contributed by atoms with Gasteiger partial charge in [0.15, 0.2) is 0 Å². The maximum atomic E-state index is 11.6. The van der Waals surface area contributed by atoms with E-state index in [1.54, 1.807) is 0 Å². The van der Waals surface area contributed by atoms with E-state index in [1.165, 1.54) is 12.3 Å². The molecule has 1 rings (SSSR count). The van der Waals surface area contributed by atoms with Crippen LogP contribution in [0.15, 0.2) is 12.3 Å². The van der Waals surface area contributed by atoms with Crippen molar-refractivity contribution in [1.29, 1.82) is 0 Å². The second-order valence-corrected chi connectivity index (χ2v) is 3.83. The van der Waals surface area contributed by atoms with Crippen LogP contribution in [0.3, 0.4) is 0 Å². The molecular formula is C10H15ClN4O. The van der Waals surface area contributed by atoms with Crippen molar-refractivity contribution in [3.05, 3.63) is 17.4 Å². The molecule has 0 aromatic carbocycles. The Morgan fingerprint density at radius 3 is 3.06 bits per heavy atom. The van der Waals surface area contributed by atoms with Crippen LogP contribution in [0.1, 0.15) is 26.2 Å². The minimum atomic E-state index is -0.525. The van der Waals surface area contributed by atoms with E-state index < -0.39 is 6.04 Å². The van der Waals surface area contributed by atoms with Gasteiger partial charge < -0.3 is 5.73 Å². The third-order valence-corrected chi connectivity index (χ3v) is 2.27. The zero-order valence-electron chi connectivity index (χ0n) is 9.11. The van der Waals surface area contributed by atoms with Gasteiger partial charge in [0, 0.05) is 6.20 Å². The van der Waals surface area contributed by atoms with Crippen molar-refractivity contribution in [2.24, 2.45) is 5.73 Å². The summed E-state index contributed by atoms with van der Waals surface area (Å²) in [6.07, 6.45) is 4.06. The number of anilines is 1. The molecule has 1 heterocycles. The van der Waals surface area contributed by atoms with Crippen molar-refractivity contribution in [3.8, 4) is 0 Å². The van der Waals surface area contributed by atoms with Gasteiger partial charge in [-0.2, -0.15) is 0 Å². The zero-order valence-corrected chi connectivity index (χ0v) is 9.87. The van der Waals surface area contributed by atoms with Crippen molar-refractivity contribution in [2.75, 3.05) is 5.32 Å². The lowest BCUT2D eigenvalue weighted by Gasteiger charge is -2.10. The molecule has 6 heteroatoms. The molecule has 0 saturated heterocycles. The summed E-state index contributed by atoms with van der Waals surface area (Å²) in [6.45, 7) is 2.05. The Kier molecular flexibility index (Phi) is 5.14. The first-order valence-corrected chi connectivity index (χ1v) is 5.56. The van der Waals surface area contributed by atoms with Crippen LogP contribution in [-0.4, -0.2) is 21.9 Å². The number of amides is 1. The van der Waals surface area contributed by atoms with Gasteiger partial charge in [-0.3, -0.25) is 10.1 Å². The Balaban J connectivity index is 2.50. The number of hydrogen-bond acceptors (Lipinski definition) is 4. The van der Waals surface area contributed by atoms with E-state index in [0.29, 0.717) is 6.42 Å². The van der Waals surface area contributed by atoms with Crippen LogP contribution < -0.4 is 11.1 Å². The average Bonchev–Trinajstić information content (AvgIpc) is 2.25. The van der Waals surface area contributed by atoms with Gasteiger partial charge in [0.1, 0.15) is 5.15 Å². The Labute approximate surface area is 99.4 Å². The van der Waals surface area contributed by atoms with Gasteiger partial charge >= 0.3 is 0 Å². The minimum absolute atomic E-state index is 0.185. The number of hydrogen-bond donors (Lipinski definition) is 2. The number of carbonyl (C=O) groups excluding carboxylic acids is 1. The maximum Gasteiger partial charge on any atom is 0.243 e. The summed E-state index contributed by atoms with van der Waals surface area (Å²) < 4.78 is 0. The summed E-state index contributed by atoms with van der Waals surface area (Å²) in [7, 11) is 0. The molecule has 3 N–H and O–H groups in total. The molecule has 0 radical (unpaired) electrons. The maximum absolute atomic E-state index is 11.6. The van der Waals surface area contributed by atoms with Gasteiger partial charge in [0.25, 0.3) is 0 Å². The number of nitrogens with one attached hydrogen (secondary N) is 1. The van der Waals surface area contributed by atoms with Crippen LogP contribution in [0.4, 0.5) is 5.95 Å². The molecule has 0 aliphatic heterocycles. The topological polar surface area (TPSA) is 80.9 Å². The normalized spacial score (nSPS) is 12.2. The highest BCUT2D eigenvalue weighted by molar-refractivity contribution is 6.29. The van der Waals surface area contributed by atoms with Crippen LogP contribution in [-0.2, 0) is 4.79 Å². The van der Waals surface area contributed by atoms with Gasteiger partial charge in [0.2, 0.25) is 11.9 Å².